The summed E-state index contributed by atoms with van der Waals surface area (Å²) in [6.45, 7) is 0.355. The summed E-state index contributed by atoms with van der Waals surface area (Å²) in [6.07, 6.45) is 1.43. The summed E-state index contributed by atoms with van der Waals surface area (Å²) in [5, 5.41) is 20.3. The van der Waals surface area contributed by atoms with E-state index < -0.39 is 4.92 Å². The van der Waals surface area contributed by atoms with Gasteiger partial charge in [-0.1, -0.05) is 12.1 Å². The molecule has 0 unspecified atom stereocenters. The number of non-ortho nitro benzene ring substituents is 1. The summed E-state index contributed by atoms with van der Waals surface area (Å²) in [7, 11) is 1.59. The van der Waals surface area contributed by atoms with Gasteiger partial charge in [0.05, 0.1) is 29.5 Å². The van der Waals surface area contributed by atoms with Crippen LogP contribution in [-0.4, -0.2) is 28.1 Å². The Labute approximate surface area is 149 Å². The van der Waals surface area contributed by atoms with Gasteiger partial charge in [-0.2, -0.15) is 5.10 Å². The molecule has 0 fully saturated rings. The molecule has 8 nitrogen and oxygen atoms in total. The van der Waals surface area contributed by atoms with Crippen LogP contribution >= 0.6 is 0 Å². The van der Waals surface area contributed by atoms with Crippen LogP contribution in [0.15, 0.2) is 54.7 Å². The van der Waals surface area contributed by atoms with Crippen molar-refractivity contribution >= 4 is 11.6 Å². The number of nitrogens with one attached hydrogen (secondary N) is 2. The summed E-state index contributed by atoms with van der Waals surface area (Å²) in [5.41, 5.74) is 2.43. The predicted molar refractivity (Wildman–Crippen MR) is 94.8 cm³/mol. The van der Waals surface area contributed by atoms with Crippen LogP contribution in [0.2, 0.25) is 0 Å². The van der Waals surface area contributed by atoms with Crippen molar-refractivity contribution in [2.45, 2.75) is 6.54 Å². The van der Waals surface area contributed by atoms with Gasteiger partial charge in [0.2, 0.25) is 0 Å². The Morgan fingerprint density at radius 2 is 1.88 bits per heavy atom. The van der Waals surface area contributed by atoms with Crippen LogP contribution in [0, 0.1) is 10.1 Å². The molecule has 0 saturated carbocycles. The molecule has 1 heterocycles. The maximum absolute atomic E-state index is 12.5. The van der Waals surface area contributed by atoms with Gasteiger partial charge in [0.25, 0.3) is 11.6 Å². The molecule has 3 rings (SSSR count). The molecule has 26 heavy (non-hydrogen) atoms. The number of nitro benzene ring substituents is 1. The monoisotopic (exact) mass is 352 g/mol. The lowest BCUT2D eigenvalue weighted by Crippen LogP contribution is -2.22. The predicted octanol–water partition coefficient (Wildman–Crippen LogP) is 2.92. The van der Waals surface area contributed by atoms with E-state index in [1.54, 1.807) is 19.2 Å². The van der Waals surface area contributed by atoms with Crippen LogP contribution < -0.4 is 10.1 Å². The SMILES string of the molecule is COc1ccc(CNC(=O)c2cn[nH]c2-c2ccc([N+](=O)[O-])cc2)cc1. The lowest BCUT2D eigenvalue weighted by Gasteiger charge is -2.07. The normalized spacial score (nSPS) is 10.3. The van der Waals surface area contributed by atoms with Crippen molar-refractivity contribution in [2.75, 3.05) is 7.11 Å². The summed E-state index contributed by atoms with van der Waals surface area (Å²) in [4.78, 5) is 22.7. The average molecular weight is 352 g/mol. The molecule has 0 atom stereocenters. The van der Waals surface area contributed by atoms with Crippen molar-refractivity contribution < 1.29 is 14.5 Å². The number of aromatic nitrogens is 2. The molecule has 132 valence electrons. The van der Waals surface area contributed by atoms with E-state index in [0.29, 0.717) is 23.4 Å². The van der Waals surface area contributed by atoms with Crippen LogP contribution in [-0.2, 0) is 6.54 Å². The van der Waals surface area contributed by atoms with E-state index in [1.165, 1.54) is 18.3 Å². The van der Waals surface area contributed by atoms with E-state index >= 15 is 0 Å². The van der Waals surface area contributed by atoms with Gasteiger partial charge in [0, 0.05) is 24.2 Å². The minimum absolute atomic E-state index is 0.0150. The van der Waals surface area contributed by atoms with Crippen molar-refractivity contribution in [2.24, 2.45) is 0 Å². The number of rotatable bonds is 6. The first-order valence-electron chi connectivity index (χ1n) is 7.78. The Hall–Kier alpha value is -3.68. The molecule has 1 amide bonds. The fourth-order valence-corrected chi connectivity index (χ4v) is 2.45. The zero-order valence-electron chi connectivity index (χ0n) is 13.9. The summed E-state index contributed by atoms with van der Waals surface area (Å²) >= 11 is 0. The molecule has 0 bridgehead atoms. The molecule has 0 saturated heterocycles. The van der Waals surface area contributed by atoms with Crippen molar-refractivity contribution in [3.63, 3.8) is 0 Å². The number of hydrogen-bond acceptors (Lipinski definition) is 5. The number of carbonyl (C=O) groups excluding carboxylic acids is 1. The molecule has 0 radical (unpaired) electrons. The van der Waals surface area contributed by atoms with Gasteiger partial charge < -0.3 is 10.1 Å². The Kier molecular flexibility index (Phi) is 4.93. The molecule has 2 aromatic carbocycles. The topological polar surface area (TPSA) is 110 Å². The zero-order valence-corrected chi connectivity index (χ0v) is 13.9. The highest BCUT2D eigenvalue weighted by Gasteiger charge is 2.16. The zero-order chi connectivity index (χ0) is 18.5. The molecule has 8 heteroatoms. The van der Waals surface area contributed by atoms with Gasteiger partial charge in [0.15, 0.2) is 0 Å². The Morgan fingerprint density at radius 1 is 1.19 bits per heavy atom. The van der Waals surface area contributed by atoms with Crippen molar-refractivity contribution in [3.05, 3.63) is 76.0 Å². The van der Waals surface area contributed by atoms with Crippen LogP contribution in [0.1, 0.15) is 15.9 Å². The van der Waals surface area contributed by atoms with Crippen molar-refractivity contribution in [1.82, 2.24) is 15.5 Å². The standard InChI is InChI=1S/C18H16N4O4/c1-26-15-8-2-12(3-9-15)10-19-18(23)16-11-20-21-17(16)13-4-6-14(7-5-13)22(24)25/h2-9,11H,10H2,1H3,(H,19,23)(H,20,21). The highest BCUT2D eigenvalue weighted by molar-refractivity contribution is 5.99. The molecule has 0 aliphatic rings. The van der Waals surface area contributed by atoms with Gasteiger partial charge in [-0.05, 0) is 29.8 Å². The first kappa shape index (κ1) is 17.2. The lowest BCUT2D eigenvalue weighted by molar-refractivity contribution is -0.384. The fraction of sp³-hybridized carbons (Fsp3) is 0.111. The fourth-order valence-electron chi connectivity index (χ4n) is 2.45. The van der Waals surface area contributed by atoms with Gasteiger partial charge in [0.1, 0.15) is 5.75 Å². The lowest BCUT2D eigenvalue weighted by atomic mass is 10.1. The van der Waals surface area contributed by atoms with Gasteiger partial charge in [-0.25, -0.2) is 0 Å². The number of nitrogens with zero attached hydrogens (tertiary/aromatic N) is 2. The summed E-state index contributed by atoms with van der Waals surface area (Å²) in [6, 6.07) is 13.3. The molecular formula is C18H16N4O4. The van der Waals surface area contributed by atoms with Gasteiger partial charge in [-0.3, -0.25) is 20.0 Å². The molecule has 2 N–H and O–H groups in total. The van der Waals surface area contributed by atoms with Gasteiger partial charge >= 0.3 is 0 Å². The maximum atomic E-state index is 12.5. The third kappa shape index (κ3) is 3.69. The molecule has 0 aliphatic carbocycles. The van der Waals surface area contributed by atoms with Crippen LogP contribution in [0.25, 0.3) is 11.3 Å². The Morgan fingerprint density at radius 3 is 2.50 bits per heavy atom. The number of nitro groups is 1. The number of H-pyrrole nitrogens is 1. The minimum Gasteiger partial charge on any atom is -0.497 e. The van der Waals surface area contributed by atoms with E-state index in [0.717, 1.165) is 11.3 Å². The first-order chi connectivity index (χ1) is 12.6. The van der Waals surface area contributed by atoms with Crippen LogP contribution in [0.5, 0.6) is 5.75 Å². The first-order valence-corrected chi connectivity index (χ1v) is 7.78. The van der Waals surface area contributed by atoms with E-state index in [9.17, 15) is 14.9 Å². The molecule has 3 aromatic rings. The van der Waals surface area contributed by atoms with E-state index in [-0.39, 0.29) is 11.6 Å². The summed E-state index contributed by atoms with van der Waals surface area (Å²) < 4.78 is 5.10. The van der Waals surface area contributed by atoms with E-state index in [2.05, 4.69) is 15.5 Å². The largest absolute Gasteiger partial charge is 0.497 e. The Balaban J connectivity index is 1.72. The highest BCUT2D eigenvalue weighted by atomic mass is 16.6. The van der Waals surface area contributed by atoms with Crippen molar-refractivity contribution in [1.29, 1.82) is 0 Å². The maximum Gasteiger partial charge on any atom is 0.269 e. The molecular weight excluding hydrogens is 336 g/mol. The number of ether oxygens (including phenoxy) is 1. The molecule has 1 aromatic heterocycles. The van der Waals surface area contributed by atoms with Gasteiger partial charge in [-0.15, -0.1) is 0 Å². The Bertz CT molecular complexity index is 917. The van der Waals surface area contributed by atoms with Crippen LogP contribution in [0.3, 0.4) is 0 Å². The third-order valence-electron chi connectivity index (χ3n) is 3.86. The number of aromatic amines is 1. The second-order valence-corrected chi connectivity index (χ2v) is 5.49. The molecule has 0 spiro atoms. The number of carbonyl (C=O) groups is 1. The van der Waals surface area contributed by atoms with Crippen LogP contribution in [0.4, 0.5) is 5.69 Å². The van der Waals surface area contributed by atoms with E-state index in [1.807, 2.05) is 24.3 Å². The highest BCUT2D eigenvalue weighted by Crippen LogP contribution is 2.23. The number of benzene rings is 2. The molecule has 0 aliphatic heterocycles. The number of methoxy groups -OCH3 is 1. The number of amides is 1. The third-order valence-corrected chi connectivity index (χ3v) is 3.86. The number of hydrogen-bond donors (Lipinski definition) is 2. The quantitative estimate of drug-likeness (QED) is 0.523. The smallest absolute Gasteiger partial charge is 0.269 e. The van der Waals surface area contributed by atoms with E-state index in [4.69, 9.17) is 4.74 Å². The second-order valence-electron chi connectivity index (χ2n) is 5.49. The average Bonchev–Trinajstić information content (AvgIpc) is 3.16. The second kappa shape index (κ2) is 7.47. The minimum atomic E-state index is -0.473. The van der Waals surface area contributed by atoms with Crippen molar-refractivity contribution in [3.8, 4) is 17.0 Å². The summed E-state index contributed by atoms with van der Waals surface area (Å²) in [5.74, 6) is 0.457.